The van der Waals surface area contributed by atoms with Crippen LogP contribution in [0.15, 0.2) is 36.5 Å². The summed E-state index contributed by atoms with van der Waals surface area (Å²) in [7, 11) is 0. The number of carbonyl (C=O) groups excluding carboxylic acids is 1. The van der Waals surface area contributed by atoms with Crippen LogP contribution in [0.1, 0.15) is 21.6 Å². The molecule has 1 aromatic heterocycles. The van der Waals surface area contributed by atoms with E-state index in [2.05, 4.69) is 10.3 Å². The molecule has 0 aliphatic heterocycles. The largest absolute Gasteiger partial charge is 0.508 e. The van der Waals surface area contributed by atoms with Crippen molar-refractivity contribution >= 4 is 11.6 Å². The Kier molecular flexibility index (Phi) is 3.28. The van der Waals surface area contributed by atoms with Gasteiger partial charge in [0.2, 0.25) is 0 Å². The lowest BCUT2D eigenvalue weighted by molar-refractivity contribution is 0.102. The molecular formula is C14H14N2O2. The minimum Gasteiger partial charge on any atom is -0.508 e. The van der Waals surface area contributed by atoms with Gasteiger partial charge < -0.3 is 10.4 Å². The number of nitrogens with zero attached hydrogens (tertiary/aromatic N) is 1. The average Bonchev–Trinajstić information content (AvgIpc) is 2.33. The van der Waals surface area contributed by atoms with E-state index < -0.39 is 0 Å². The number of pyridine rings is 1. The SMILES string of the molecule is Cc1cc(O)ccc1NC(=O)c1cccnc1C. The molecule has 4 heteroatoms. The topological polar surface area (TPSA) is 62.2 Å². The number of aryl methyl sites for hydroxylation is 2. The number of hydrogen-bond acceptors (Lipinski definition) is 3. The third kappa shape index (κ3) is 2.48. The van der Waals surface area contributed by atoms with Gasteiger partial charge in [-0.2, -0.15) is 0 Å². The maximum atomic E-state index is 12.1. The number of hydrogen-bond donors (Lipinski definition) is 2. The smallest absolute Gasteiger partial charge is 0.257 e. The van der Waals surface area contributed by atoms with Crippen molar-refractivity contribution in [2.45, 2.75) is 13.8 Å². The van der Waals surface area contributed by atoms with E-state index in [4.69, 9.17) is 0 Å². The molecule has 0 saturated carbocycles. The summed E-state index contributed by atoms with van der Waals surface area (Å²) in [5.41, 5.74) is 2.72. The van der Waals surface area contributed by atoms with E-state index in [-0.39, 0.29) is 11.7 Å². The minimum absolute atomic E-state index is 0.183. The summed E-state index contributed by atoms with van der Waals surface area (Å²) in [5.74, 6) is -0.0163. The summed E-state index contributed by atoms with van der Waals surface area (Å²) >= 11 is 0. The zero-order valence-electron chi connectivity index (χ0n) is 10.3. The summed E-state index contributed by atoms with van der Waals surface area (Å²) < 4.78 is 0. The first kappa shape index (κ1) is 12.1. The molecule has 4 nitrogen and oxygen atoms in total. The Balaban J connectivity index is 2.24. The molecule has 2 rings (SSSR count). The summed E-state index contributed by atoms with van der Waals surface area (Å²) in [6.07, 6.45) is 1.65. The highest BCUT2D eigenvalue weighted by atomic mass is 16.3. The molecule has 2 aromatic rings. The quantitative estimate of drug-likeness (QED) is 0.796. The molecule has 0 atom stereocenters. The second-order valence-electron chi connectivity index (χ2n) is 4.09. The Hall–Kier alpha value is -2.36. The average molecular weight is 242 g/mol. The molecule has 0 radical (unpaired) electrons. The summed E-state index contributed by atoms with van der Waals surface area (Å²) in [5, 5.41) is 12.1. The van der Waals surface area contributed by atoms with Gasteiger partial charge in [0, 0.05) is 17.6 Å². The molecule has 92 valence electrons. The lowest BCUT2D eigenvalue weighted by Crippen LogP contribution is -2.14. The number of benzene rings is 1. The first-order valence-corrected chi connectivity index (χ1v) is 5.60. The van der Waals surface area contributed by atoms with Crippen molar-refractivity contribution in [2.24, 2.45) is 0 Å². The number of nitrogens with one attached hydrogen (secondary N) is 1. The second-order valence-corrected chi connectivity index (χ2v) is 4.09. The molecule has 0 saturated heterocycles. The van der Waals surface area contributed by atoms with Crippen LogP contribution in [0.25, 0.3) is 0 Å². The van der Waals surface area contributed by atoms with E-state index >= 15 is 0 Å². The van der Waals surface area contributed by atoms with Gasteiger partial charge in [0.05, 0.1) is 5.56 Å². The molecule has 2 N–H and O–H groups in total. The third-order valence-electron chi connectivity index (χ3n) is 2.71. The predicted octanol–water partition coefficient (Wildman–Crippen LogP) is 2.66. The maximum absolute atomic E-state index is 12.1. The van der Waals surface area contributed by atoms with Crippen molar-refractivity contribution in [1.29, 1.82) is 0 Å². The number of aromatic hydroxyl groups is 1. The molecule has 1 amide bonds. The van der Waals surface area contributed by atoms with Gasteiger partial charge in [-0.05, 0) is 49.7 Å². The molecule has 0 bridgehead atoms. The fourth-order valence-electron chi connectivity index (χ4n) is 1.70. The van der Waals surface area contributed by atoms with E-state index in [9.17, 15) is 9.90 Å². The van der Waals surface area contributed by atoms with Gasteiger partial charge in [0.25, 0.3) is 5.91 Å². The summed E-state index contributed by atoms with van der Waals surface area (Å²) in [4.78, 5) is 16.1. The molecular weight excluding hydrogens is 228 g/mol. The van der Waals surface area contributed by atoms with Crippen molar-refractivity contribution in [3.05, 3.63) is 53.3 Å². The fourth-order valence-corrected chi connectivity index (χ4v) is 1.70. The van der Waals surface area contributed by atoms with Crippen LogP contribution in [-0.2, 0) is 0 Å². The monoisotopic (exact) mass is 242 g/mol. The Bertz CT molecular complexity index is 594. The van der Waals surface area contributed by atoms with Crippen LogP contribution >= 0.6 is 0 Å². The lowest BCUT2D eigenvalue weighted by Gasteiger charge is -2.09. The van der Waals surface area contributed by atoms with Gasteiger partial charge in [-0.25, -0.2) is 0 Å². The zero-order chi connectivity index (χ0) is 13.1. The molecule has 1 heterocycles. The summed E-state index contributed by atoms with van der Waals surface area (Å²) in [6, 6.07) is 8.28. The zero-order valence-corrected chi connectivity index (χ0v) is 10.3. The molecule has 0 fully saturated rings. The van der Waals surface area contributed by atoms with Gasteiger partial charge >= 0.3 is 0 Å². The van der Waals surface area contributed by atoms with Crippen molar-refractivity contribution < 1.29 is 9.90 Å². The lowest BCUT2D eigenvalue weighted by atomic mass is 10.1. The molecule has 0 aliphatic rings. The second kappa shape index (κ2) is 4.87. The Labute approximate surface area is 105 Å². The normalized spacial score (nSPS) is 10.1. The Morgan fingerprint density at radius 2 is 2.06 bits per heavy atom. The van der Waals surface area contributed by atoms with Crippen LogP contribution in [0, 0.1) is 13.8 Å². The van der Waals surface area contributed by atoms with E-state index in [1.807, 2.05) is 6.92 Å². The standard InChI is InChI=1S/C14H14N2O2/c1-9-8-11(17)5-6-13(9)16-14(18)12-4-3-7-15-10(12)2/h3-8,17H,1-2H3,(H,16,18). The van der Waals surface area contributed by atoms with E-state index in [0.29, 0.717) is 16.9 Å². The van der Waals surface area contributed by atoms with Crippen molar-refractivity contribution in [3.8, 4) is 5.75 Å². The first-order chi connectivity index (χ1) is 8.58. The van der Waals surface area contributed by atoms with Gasteiger partial charge in [0.15, 0.2) is 0 Å². The summed E-state index contributed by atoms with van der Waals surface area (Å²) in [6.45, 7) is 3.62. The number of carbonyl (C=O) groups is 1. The number of rotatable bonds is 2. The van der Waals surface area contributed by atoms with Gasteiger partial charge in [-0.1, -0.05) is 0 Å². The van der Waals surface area contributed by atoms with Crippen LogP contribution in [0.3, 0.4) is 0 Å². The molecule has 0 unspecified atom stereocenters. The van der Waals surface area contributed by atoms with Crippen LogP contribution < -0.4 is 5.32 Å². The Morgan fingerprint density at radius 3 is 2.72 bits per heavy atom. The number of phenols is 1. The highest BCUT2D eigenvalue weighted by molar-refractivity contribution is 6.05. The molecule has 18 heavy (non-hydrogen) atoms. The number of aromatic nitrogens is 1. The van der Waals surface area contributed by atoms with Crippen LogP contribution in [0.2, 0.25) is 0 Å². The minimum atomic E-state index is -0.200. The van der Waals surface area contributed by atoms with Gasteiger partial charge in [-0.3, -0.25) is 9.78 Å². The molecule has 0 spiro atoms. The molecule has 1 aromatic carbocycles. The van der Waals surface area contributed by atoms with E-state index in [1.165, 1.54) is 0 Å². The highest BCUT2D eigenvalue weighted by Crippen LogP contribution is 2.21. The first-order valence-electron chi connectivity index (χ1n) is 5.60. The Morgan fingerprint density at radius 1 is 1.28 bits per heavy atom. The van der Waals surface area contributed by atoms with Crippen molar-refractivity contribution in [3.63, 3.8) is 0 Å². The van der Waals surface area contributed by atoms with Crippen molar-refractivity contribution in [2.75, 3.05) is 5.32 Å². The predicted molar refractivity (Wildman–Crippen MR) is 69.8 cm³/mol. The number of phenolic OH excluding ortho intramolecular Hbond substituents is 1. The van der Waals surface area contributed by atoms with Crippen LogP contribution in [0.5, 0.6) is 5.75 Å². The van der Waals surface area contributed by atoms with Crippen LogP contribution in [-0.4, -0.2) is 16.0 Å². The third-order valence-corrected chi connectivity index (χ3v) is 2.71. The number of anilines is 1. The van der Waals surface area contributed by atoms with Crippen LogP contribution in [0.4, 0.5) is 5.69 Å². The highest BCUT2D eigenvalue weighted by Gasteiger charge is 2.10. The van der Waals surface area contributed by atoms with Gasteiger partial charge in [0.1, 0.15) is 5.75 Å². The van der Waals surface area contributed by atoms with Gasteiger partial charge in [-0.15, -0.1) is 0 Å². The van der Waals surface area contributed by atoms with E-state index in [1.54, 1.807) is 43.5 Å². The van der Waals surface area contributed by atoms with Crippen molar-refractivity contribution in [1.82, 2.24) is 4.98 Å². The molecule has 0 aliphatic carbocycles. The fraction of sp³-hybridized carbons (Fsp3) is 0.143. The van der Waals surface area contributed by atoms with E-state index in [0.717, 1.165) is 5.56 Å². The number of amides is 1. The maximum Gasteiger partial charge on any atom is 0.257 e.